The van der Waals surface area contributed by atoms with Crippen molar-refractivity contribution in [3.63, 3.8) is 0 Å². The largest absolute Gasteiger partial charge is 0.351 e. The number of para-hydroxylation sites is 1. The monoisotopic (exact) mass is 391 g/mol. The number of benzene rings is 2. The molecule has 0 saturated carbocycles. The second-order valence-corrected chi connectivity index (χ2v) is 7.38. The lowest BCUT2D eigenvalue weighted by atomic mass is 10.1. The Hall–Kier alpha value is -2.02. The third kappa shape index (κ3) is 6.71. The maximum atomic E-state index is 12.3. The Kier molecular flexibility index (Phi) is 7.97. The van der Waals surface area contributed by atoms with E-state index in [1.54, 1.807) is 36.4 Å². The summed E-state index contributed by atoms with van der Waals surface area (Å²) >= 11 is 7.26. The summed E-state index contributed by atoms with van der Waals surface area (Å²) in [6.45, 7) is 1.29. The maximum absolute atomic E-state index is 12.3. The molecule has 5 nitrogen and oxygen atoms in total. The Morgan fingerprint density at radius 1 is 1.08 bits per heavy atom. The van der Waals surface area contributed by atoms with Crippen molar-refractivity contribution in [1.29, 1.82) is 0 Å². The lowest BCUT2D eigenvalue weighted by molar-refractivity contribution is -0.113. The Bertz CT molecular complexity index is 751. The van der Waals surface area contributed by atoms with Crippen LogP contribution in [-0.2, 0) is 4.79 Å². The van der Waals surface area contributed by atoms with E-state index in [2.05, 4.69) is 10.6 Å². The smallest absolute Gasteiger partial charge is 0.253 e. The third-order valence-electron chi connectivity index (χ3n) is 3.47. The Morgan fingerprint density at radius 3 is 2.46 bits per heavy atom. The molecule has 0 bridgehead atoms. The zero-order chi connectivity index (χ0) is 18.9. The van der Waals surface area contributed by atoms with Gasteiger partial charge in [0.25, 0.3) is 5.91 Å². The van der Waals surface area contributed by atoms with Gasteiger partial charge >= 0.3 is 0 Å². The summed E-state index contributed by atoms with van der Waals surface area (Å²) in [5.41, 5.74) is 0.965. The Balaban J connectivity index is 1.92. The van der Waals surface area contributed by atoms with Crippen LogP contribution in [0.4, 0.5) is 5.69 Å². The van der Waals surface area contributed by atoms with Crippen LogP contribution < -0.4 is 10.6 Å². The molecule has 2 aromatic rings. The number of carbonyl (C=O) groups excluding carboxylic acids is 2. The van der Waals surface area contributed by atoms with Crippen molar-refractivity contribution in [3.05, 3.63) is 59.1 Å². The molecule has 0 radical (unpaired) electrons. The zero-order valence-electron chi connectivity index (χ0n) is 14.8. The molecule has 2 aromatic carbocycles. The van der Waals surface area contributed by atoms with Crippen LogP contribution in [0.3, 0.4) is 0 Å². The lowest BCUT2D eigenvalue weighted by Crippen LogP contribution is -2.32. The summed E-state index contributed by atoms with van der Waals surface area (Å²) in [6, 6.07) is 14.3. The predicted molar refractivity (Wildman–Crippen MR) is 108 cm³/mol. The molecule has 0 aliphatic heterocycles. The number of likely N-dealkylation sites (N-methyl/N-ethyl adjacent to an activating group) is 1. The molecule has 0 aliphatic carbocycles. The molecule has 0 heterocycles. The SMILES string of the molecule is CN(C)CCNC(=O)c1ccccc1NC(=O)CSc1ccc(Cl)cc1. The van der Waals surface area contributed by atoms with Gasteiger partial charge in [-0.3, -0.25) is 9.59 Å². The van der Waals surface area contributed by atoms with E-state index in [4.69, 9.17) is 11.6 Å². The number of thioether (sulfide) groups is 1. The number of hydrogen-bond donors (Lipinski definition) is 2. The number of amides is 2. The van der Waals surface area contributed by atoms with Gasteiger partial charge in [0.1, 0.15) is 0 Å². The highest BCUT2D eigenvalue weighted by Crippen LogP contribution is 2.21. The van der Waals surface area contributed by atoms with Crippen LogP contribution in [0.5, 0.6) is 0 Å². The first kappa shape index (κ1) is 20.3. The molecule has 2 rings (SSSR count). The van der Waals surface area contributed by atoms with Gasteiger partial charge in [-0.25, -0.2) is 0 Å². The van der Waals surface area contributed by atoms with Crippen LogP contribution in [-0.4, -0.2) is 49.7 Å². The fourth-order valence-corrected chi connectivity index (χ4v) is 2.97. The highest BCUT2D eigenvalue weighted by molar-refractivity contribution is 8.00. The fourth-order valence-electron chi connectivity index (χ4n) is 2.14. The first-order valence-electron chi connectivity index (χ1n) is 8.16. The number of nitrogens with one attached hydrogen (secondary N) is 2. The quantitative estimate of drug-likeness (QED) is 0.677. The van der Waals surface area contributed by atoms with Crippen LogP contribution in [0.1, 0.15) is 10.4 Å². The second kappa shape index (κ2) is 10.2. The summed E-state index contributed by atoms with van der Waals surface area (Å²) in [5.74, 6) is -0.121. The number of halogens is 1. The van der Waals surface area contributed by atoms with Gasteiger partial charge in [0.05, 0.1) is 17.0 Å². The first-order chi connectivity index (χ1) is 12.5. The molecule has 138 valence electrons. The molecule has 26 heavy (non-hydrogen) atoms. The third-order valence-corrected chi connectivity index (χ3v) is 4.74. The molecule has 0 atom stereocenters. The van der Waals surface area contributed by atoms with Crippen molar-refractivity contribution in [1.82, 2.24) is 10.2 Å². The number of rotatable bonds is 8. The van der Waals surface area contributed by atoms with E-state index in [0.717, 1.165) is 11.4 Å². The number of anilines is 1. The van der Waals surface area contributed by atoms with Crippen LogP contribution in [0.2, 0.25) is 5.02 Å². The topological polar surface area (TPSA) is 61.4 Å². The minimum Gasteiger partial charge on any atom is -0.351 e. The van der Waals surface area contributed by atoms with E-state index in [1.807, 2.05) is 31.1 Å². The molecule has 0 saturated heterocycles. The minimum absolute atomic E-state index is 0.168. The van der Waals surface area contributed by atoms with Gasteiger partial charge in [-0.1, -0.05) is 23.7 Å². The highest BCUT2D eigenvalue weighted by atomic mass is 35.5. The second-order valence-electron chi connectivity index (χ2n) is 5.90. The normalized spacial score (nSPS) is 10.6. The molecular formula is C19H22ClN3O2S. The summed E-state index contributed by atoms with van der Waals surface area (Å²) in [4.78, 5) is 27.5. The van der Waals surface area contributed by atoms with Crippen molar-refractivity contribution in [3.8, 4) is 0 Å². The van der Waals surface area contributed by atoms with Crippen LogP contribution in [0.15, 0.2) is 53.4 Å². The van der Waals surface area contributed by atoms with E-state index in [9.17, 15) is 9.59 Å². The van der Waals surface area contributed by atoms with Gasteiger partial charge in [0, 0.05) is 23.0 Å². The van der Waals surface area contributed by atoms with Crippen LogP contribution >= 0.6 is 23.4 Å². The van der Waals surface area contributed by atoms with Crippen molar-refractivity contribution in [2.75, 3.05) is 38.3 Å². The molecule has 2 amide bonds. The van der Waals surface area contributed by atoms with Gasteiger partial charge in [-0.05, 0) is 50.5 Å². The van der Waals surface area contributed by atoms with E-state index < -0.39 is 0 Å². The molecule has 0 unspecified atom stereocenters. The van der Waals surface area contributed by atoms with Gasteiger partial charge < -0.3 is 15.5 Å². The molecule has 7 heteroatoms. The zero-order valence-corrected chi connectivity index (χ0v) is 16.4. The van der Waals surface area contributed by atoms with Gasteiger partial charge in [-0.15, -0.1) is 11.8 Å². The Labute approximate surface area is 163 Å². The minimum atomic E-state index is -0.201. The number of hydrogen-bond acceptors (Lipinski definition) is 4. The summed E-state index contributed by atoms with van der Waals surface area (Å²) < 4.78 is 0. The average molecular weight is 392 g/mol. The van der Waals surface area contributed by atoms with Gasteiger partial charge in [-0.2, -0.15) is 0 Å². The number of carbonyl (C=O) groups is 2. The van der Waals surface area contributed by atoms with Crippen molar-refractivity contribution in [2.45, 2.75) is 4.90 Å². The van der Waals surface area contributed by atoms with Crippen molar-refractivity contribution < 1.29 is 9.59 Å². The van der Waals surface area contributed by atoms with E-state index in [1.165, 1.54) is 11.8 Å². The number of nitrogens with zero attached hydrogens (tertiary/aromatic N) is 1. The maximum Gasteiger partial charge on any atom is 0.253 e. The van der Waals surface area contributed by atoms with Crippen molar-refractivity contribution >= 4 is 40.9 Å². The Morgan fingerprint density at radius 2 is 1.77 bits per heavy atom. The van der Waals surface area contributed by atoms with Gasteiger partial charge in [0.15, 0.2) is 0 Å². The van der Waals surface area contributed by atoms with Crippen LogP contribution in [0, 0.1) is 0 Å². The standard InChI is InChI=1S/C19H22ClN3O2S/c1-23(2)12-11-21-19(25)16-5-3-4-6-17(16)22-18(24)13-26-15-9-7-14(20)8-10-15/h3-10H,11-13H2,1-2H3,(H,21,25)(H,22,24). The molecular weight excluding hydrogens is 370 g/mol. The predicted octanol–water partition coefficient (Wildman–Crippen LogP) is 3.36. The molecule has 0 aromatic heterocycles. The van der Waals surface area contributed by atoms with Crippen molar-refractivity contribution in [2.24, 2.45) is 0 Å². The fraction of sp³-hybridized carbons (Fsp3) is 0.263. The average Bonchev–Trinajstić information content (AvgIpc) is 2.61. The molecule has 0 aliphatic rings. The van der Waals surface area contributed by atoms with Crippen LogP contribution in [0.25, 0.3) is 0 Å². The van der Waals surface area contributed by atoms with E-state index in [0.29, 0.717) is 22.8 Å². The molecule has 0 spiro atoms. The van der Waals surface area contributed by atoms with Gasteiger partial charge in [0.2, 0.25) is 5.91 Å². The van der Waals surface area contributed by atoms with E-state index in [-0.39, 0.29) is 17.6 Å². The molecule has 0 fully saturated rings. The molecule has 2 N–H and O–H groups in total. The summed E-state index contributed by atoms with van der Waals surface area (Å²) in [6.07, 6.45) is 0. The lowest BCUT2D eigenvalue weighted by Gasteiger charge is -2.13. The summed E-state index contributed by atoms with van der Waals surface area (Å²) in [7, 11) is 3.89. The first-order valence-corrected chi connectivity index (χ1v) is 9.52. The van der Waals surface area contributed by atoms with E-state index >= 15 is 0 Å². The highest BCUT2D eigenvalue weighted by Gasteiger charge is 2.13. The summed E-state index contributed by atoms with van der Waals surface area (Å²) in [5, 5.41) is 6.33.